The monoisotopic (exact) mass is 240 g/mol. The predicted octanol–water partition coefficient (Wildman–Crippen LogP) is 1.52. The molecular weight excluding hydrogens is 224 g/mol. The third kappa shape index (κ3) is 2.32. The van der Waals surface area contributed by atoms with Crippen LogP contribution in [0.15, 0.2) is 0 Å². The molecular formula is C10H16N4OS. The Hall–Kier alpha value is -1.17. The van der Waals surface area contributed by atoms with Gasteiger partial charge >= 0.3 is 0 Å². The molecule has 0 bridgehead atoms. The first-order valence-corrected chi connectivity index (χ1v) is 6.36. The van der Waals surface area contributed by atoms with Gasteiger partial charge in [-0.15, -0.1) is 10.2 Å². The lowest BCUT2D eigenvalue weighted by atomic mass is 9.94. The summed E-state index contributed by atoms with van der Waals surface area (Å²) in [6.45, 7) is 0. The molecule has 1 heterocycles. The van der Waals surface area contributed by atoms with Crippen LogP contribution in [0.4, 0.5) is 5.13 Å². The van der Waals surface area contributed by atoms with Gasteiger partial charge in [0.25, 0.3) is 5.91 Å². The van der Waals surface area contributed by atoms with Gasteiger partial charge in [0.15, 0.2) is 0 Å². The molecule has 1 amide bonds. The molecule has 1 aromatic heterocycles. The molecule has 2 N–H and O–H groups in total. The van der Waals surface area contributed by atoms with Crippen LogP contribution in [-0.4, -0.2) is 34.1 Å². The SMILES string of the molecule is CN(C(=O)c1nnc(N)s1)C1CCCCC1. The standard InChI is InChI=1S/C10H16N4OS/c1-14(7-5-3-2-4-6-7)9(15)8-12-13-10(11)16-8/h7H,2-6H2,1H3,(H2,11,13). The molecule has 0 aliphatic heterocycles. The lowest BCUT2D eigenvalue weighted by Gasteiger charge is -2.30. The molecule has 0 unspecified atom stereocenters. The molecule has 0 spiro atoms. The van der Waals surface area contributed by atoms with Crippen LogP contribution in [0.25, 0.3) is 0 Å². The molecule has 1 aliphatic rings. The summed E-state index contributed by atoms with van der Waals surface area (Å²) in [5.41, 5.74) is 5.47. The van der Waals surface area contributed by atoms with E-state index in [-0.39, 0.29) is 5.91 Å². The van der Waals surface area contributed by atoms with Gasteiger partial charge in [0, 0.05) is 13.1 Å². The molecule has 5 nitrogen and oxygen atoms in total. The highest BCUT2D eigenvalue weighted by atomic mass is 32.1. The first-order chi connectivity index (χ1) is 7.68. The van der Waals surface area contributed by atoms with Crippen LogP contribution in [0.5, 0.6) is 0 Å². The van der Waals surface area contributed by atoms with Crippen molar-refractivity contribution in [1.29, 1.82) is 0 Å². The third-order valence-corrected chi connectivity index (χ3v) is 3.81. The fraction of sp³-hybridized carbons (Fsp3) is 0.700. The first kappa shape index (κ1) is 11.3. The van der Waals surface area contributed by atoms with Crippen molar-refractivity contribution in [2.75, 3.05) is 12.8 Å². The summed E-state index contributed by atoms with van der Waals surface area (Å²) in [6.07, 6.45) is 5.89. The Balaban J connectivity index is 2.03. The van der Waals surface area contributed by atoms with Crippen LogP contribution < -0.4 is 5.73 Å². The Morgan fingerprint density at radius 1 is 1.38 bits per heavy atom. The minimum Gasteiger partial charge on any atom is -0.374 e. The van der Waals surface area contributed by atoms with Crippen molar-refractivity contribution in [3.8, 4) is 0 Å². The second-order valence-electron chi connectivity index (χ2n) is 4.15. The highest BCUT2D eigenvalue weighted by molar-refractivity contribution is 7.16. The number of rotatable bonds is 2. The van der Waals surface area contributed by atoms with E-state index in [4.69, 9.17) is 5.73 Å². The van der Waals surface area contributed by atoms with E-state index in [0.29, 0.717) is 16.2 Å². The van der Waals surface area contributed by atoms with Crippen molar-refractivity contribution in [2.24, 2.45) is 0 Å². The fourth-order valence-electron chi connectivity index (χ4n) is 2.11. The largest absolute Gasteiger partial charge is 0.374 e. The van der Waals surface area contributed by atoms with Crippen LogP contribution >= 0.6 is 11.3 Å². The summed E-state index contributed by atoms with van der Waals surface area (Å²) in [4.78, 5) is 13.8. The number of nitrogens with two attached hydrogens (primary N) is 1. The number of carbonyl (C=O) groups is 1. The van der Waals surface area contributed by atoms with E-state index in [1.807, 2.05) is 7.05 Å². The van der Waals surface area contributed by atoms with E-state index >= 15 is 0 Å². The van der Waals surface area contributed by atoms with Gasteiger partial charge in [-0.25, -0.2) is 0 Å². The summed E-state index contributed by atoms with van der Waals surface area (Å²) in [6, 6.07) is 0.353. The molecule has 2 rings (SSSR count). The number of carbonyl (C=O) groups excluding carboxylic acids is 1. The van der Waals surface area contributed by atoms with Crippen LogP contribution in [0.2, 0.25) is 0 Å². The Bertz CT molecular complexity index is 373. The lowest BCUT2D eigenvalue weighted by Crippen LogP contribution is -2.38. The zero-order valence-corrected chi connectivity index (χ0v) is 10.2. The number of hydrogen-bond acceptors (Lipinski definition) is 5. The number of anilines is 1. The highest BCUT2D eigenvalue weighted by Gasteiger charge is 2.25. The van der Waals surface area contributed by atoms with E-state index in [1.54, 1.807) is 4.90 Å². The lowest BCUT2D eigenvalue weighted by molar-refractivity contribution is 0.0695. The van der Waals surface area contributed by atoms with Gasteiger partial charge in [0.1, 0.15) is 0 Å². The second kappa shape index (κ2) is 4.78. The molecule has 1 aromatic rings. The summed E-state index contributed by atoms with van der Waals surface area (Å²) in [7, 11) is 1.84. The van der Waals surface area contributed by atoms with Crippen molar-refractivity contribution in [3.63, 3.8) is 0 Å². The zero-order chi connectivity index (χ0) is 11.5. The number of hydrogen-bond donors (Lipinski definition) is 1. The van der Waals surface area contributed by atoms with Gasteiger partial charge in [-0.1, -0.05) is 30.6 Å². The maximum absolute atomic E-state index is 12.0. The van der Waals surface area contributed by atoms with E-state index < -0.39 is 0 Å². The topological polar surface area (TPSA) is 72.1 Å². The normalized spacial score (nSPS) is 17.3. The number of nitrogen functional groups attached to an aromatic ring is 1. The van der Waals surface area contributed by atoms with Crippen molar-refractivity contribution < 1.29 is 4.79 Å². The van der Waals surface area contributed by atoms with Gasteiger partial charge in [0.05, 0.1) is 0 Å². The Kier molecular flexibility index (Phi) is 3.38. The minimum atomic E-state index is -0.0545. The van der Waals surface area contributed by atoms with Crippen molar-refractivity contribution in [2.45, 2.75) is 38.1 Å². The maximum atomic E-state index is 12.0. The molecule has 0 aromatic carbocycles. The molecule has 1 aliphatic carbocycles. The van der Waals surface area contributed by atoms with E-state index in [0.717, 1.165) is 24.2 Å². The van der Waals surface area contributed by atoms with E-state index in [9.17, 15) is 4.79 Å². The quantitative estimate of drug-likeness (QED) is 0.850. The number of amides is 1. The van der Waals surface area contributed by atoms with Crippen LogP contribution in [0, 0.1) is 0 Å². The predicted molar refractivity (Wildman–Crippen MR) is 63.3 cm³/mol. The van der Waals surface area contributed by atoms with Gasteiger partial charge in [0.2, 0.25) is 10.1 Å². The second-order valence-corrected chi connectivity index (χ2v) is 5.16. The molecule has 6 heteroatoms. The average molecular weight is 240 g/mol. The molecule has 1 fully saturated rings. The Labute approximate surface area is 98.7 Å². The van der Waals surface area contributed by atoms with Crippen molar-refractivity contribution >= 4 is 22.4 Å². The molecule has 0 radical (unpaired) electrons. The first-order valence-electron chi connectivity index (χ1n) is 5.54. The Morgan fingerprint density at radius 3 is 2.62 bits per heavy atom. The third-order valence-electron chi connectivity index (χ3n) is 3.07. The molecule has 0 saturated heterocycles. The fourth-order valence-corrected chi connectivity index (χ4v) is 2.70. The van der Waals surface area contributed by atoms with Crippen LogP contribution in [0.3, 0.4) is 0 Å². The number of aromatic nitrogens is 2. The zero-order valence-electron chi connectivity index (χ0n) is 9.35. The van der Waals surface area contributed by atoms with Crippen molar-refractivity contribution in [1.82, 2.24) is 15.1 Å². The molecule has 16 heavy (non-hydrogen) atoms. The summed E-state index contributed by atoms with van der Waals surface area (Å²) in [5.74, 6) is -0.0545. The van der Waals surface area contributed by atoms with Gasteiger partial charge in [-0.2, -0.15) is 0 Å². The maximum Gasteiger partial charge on any atom is 0.284 e. The smallest absolute Gasteiger partial charge is 0.284 e. The van der Waals surface area contributed by atoms with E-state index in [1.165, 1.54) is 19.3 Å². The highest BCUT2D eigenvalue weighted by Crippen LogP contribution is 2.23. The van der Waals surface area contributed by atoms with Crippen LogP contribution in [0.1, 0.15) is 41.9 Å². The van der Waals surface area contributed by atoms with Gasteiger partial charge in [-0.3, -0.25) is 4.79 Å². The summed E-state index contributed by atoms with van der Waals surface area (Å²) >= 11 is 1.15. The minimum absolute atomic E-state index is 0.0545. The Morgan fingerprint density at radius 2 is 2.06 bits per heavy atom. The summed E-state index contributed by atoms with van der Waals surface area (Å²) < 4.78 is 0. The molecule has 0 atom stereocenters. The van der Waals surface area contributed by atoms with Crippen LogP contribution in [-0.2, 0) is 0 Å². The summed E-state index contributed by atoms with van der Waals surface area (Å²) in [5, 5.41) is 8.19. The van der Waals surface area contributed by atoms with Gasteiger partial charge < -0.3 is 10.6 Å². The average Bonchev–Trinajstić information content (AvgIpc) is 2.75. The number of nitrogens with zero attached hydrogens (tertiary/aromatic N) is 3. The molecule has 1 saturated carbocycles. The van der Waals surface area contributed by atoms with E-state index in [2.05, 4.69) is 10.2 Å². The van der Waals surface area contributed by atoms with Crippen molar-refractivity contribution in [3.05, 3.63) is 5.01 Å². The van der Waals surface area contributed by atoms with Gasteiger partial charge in [-0.05, 0) is 12.8 Å². The molecule has 88 valence electrons.